The normalized spacial score (nSPS) is 11.5. The number of oxime groups is 2. The Hall–Kier alpha value is -5.11. The number of ether oxygens (including phenoxy) is 2. The molecule has 0 heterocycles. The summed E-state index contributed by atoms with van der Waals surface area (Å²) in [5, 5.41) is 19.4. The van der Waals surface area contributed by atoms with Crippen LogP contribution in [0.2, 0.25) is 0 Å². The van der Waals surface area contributed by atoms with E-state index in [2.05, 4.69) is 10.3 Å². The van der Waals surface area contributed by atoms with Crippen molar-refractivity contribution in [3.63, 3.8) is 0 Å². The highest BCUT2D eigenvalue weighted by molar-refractivity contribution is 6.08. The molecule has 4 aromatic rings. The van der Waals surface area contributed by atoms with E-state index < -0.39 is 5.97 Å². The molecule has 40 heavy (non-hydrogen) atoms. The highest BCUT2D eigenvalue weighted by Gasteiger charge is 2.08. The summed E-state index contributed by atoms with van der Waals surface area (Å²) in [7, 11) is 1.51. The van der Waals surface area contributed by atoms with E-state index in [0.717, 1.165) is 16.7 Å². The number of benzene rings is 4. The Morgan fingerprint density at radius 2 is 1.23 bits per heavy atom. The average molecular weight is 538 g/mol. The summed E-state index contributed by atoms with van der Waals surface area (Å²) in [5.74, 6) is 0.0875. The molecule has 0 radical (unpaired) electrons. The minimum absolute atomic E-state index is 0.233. The van der Waals surface area contributed by atoms with E-state index in [-0.39, 0.29) is 25.3 Å². The van der Waals surface area contributed by atoms with Crippen molar-refractivity contribution in [2.45, 2.75) is 19.6 Å². The van der Waals surface area contributed by atoms with E-state index in [9.17, 15) is 9.90 Å². The van der Waals surface area contributed by atoms with Gasteiger partial charge in [-0.15, -0.1) is 0 Å². The predicted octanol–water partition coefficient (Wildman–Crippen LogP) is 4.76. The number of hydrogen-bond donors (Lipinski definition) is 0. The third-order valence-corrected chi connectivity index (χ3v) is 5.76. The van der Waals surface area contributed by atoms with Gasteiger partial charge in [-0.25, -0.2) is 0 Å². The summed E-state index contributed by atoms with van der Waals surface area (Å²) >= 11 is 0. The highest BCUT2D eigenvalue weighted by atomic mass is 16.6. The number of carbonyl (C=O) groups excluding carboxylic acids is 1. The van der Waals surface area contributed by atoms with Gasteiger partial charge in [0.25, 0.3) is 0 Å². The van der Waals surface area contributed by atoms with Crippen LogP contribution in [0.3, 0.4) is 0 Å². The minimum atomic E-state index is -1.24. The molecule has 0 unspecified atom stereocenters. The molecule has 0 atom stereocenters. The average Bonchev–Trinajstić information content (AvgIpc) is 2.99. The minimum Gasteiger partial charge on any atom is -0.550 e. The van der Waals surface area contributed by atoms with Gasteiger partial charge in [-0.05, 0) is 53.1 Å². The van der Waals surface area contributed by atoms with Crippen LogP contribution in [-0.2, 0) is 27.7 Å². The van der Waals surface area contributed by atoms with Crippen molar-refractivity contribution in [1.82, 2.24) is 0 Å². The maximum Gasteiger partial charge on any atom is 0.142 e. The van der Waals surface area contributed by atoms with Gasteiger partial charge in [0.15, 0.2) is 0 Å². The summed E-state index contributed by atoms with van der Waals surface area (Å²) in [4.78, 5) is 21.6. The van der Waals surface area contributed by atoms with E-state index in [1.807, 2.05) is 84.9 Å². The number of nitrogens with zero attached hydrogens (tertiary/aromatic N) is 2. The molecule has 0 aromatic heterocycles. The summed E-state index contributed by atoms with van der Waals surface area (Å²) in [6.45, 7) is 0.845. The maximum absolute atomic E-state index is 11.2. The number of hydrogen-bond acceptors (Lipinski definition) is 8. The van der Waals surface area contributed by atoms with Crippen molar-refractivity contribution < 1.29 is 29.0 Å². The second-order valence-electron chi connectivity index (χ2n) is 8.68. The van der Waals surface area contributed by atoms with Crippen molar-refractivity contribution in [1.29, 1.82) is 0 Å². The Kier molecular flexibility index (Phi) is 10.3. The van der Waals surface area contributed by atoms with E-state index in [1.54, 1.807) is 24.3 Å². The second kappa shape index (κ2) is 14.7. The van der Waals surface area contributed by atoms with Crippen LogP contribution in [0.5, 0.6) is 11.5 Å². The molecular formula is C32H29N2O6-. The van der Waals surface area contributed by atoms with Crippen LogP contribution >= 0.6 is 0 Å². The number of carboxylic acid groups (broad SMARTS) is 1. The molecule has 0 aliphatic carbocycles. The molecule has 8 heteroatoms. The first kappa shape index (κ1) is 27.9. The molecule has 0 fully saturated rings. The molecule has 0 aliphatic heterocycles. The van der Waals surface area contributed by atoms with Gasteiger partial charge in [0.05, 0.1) is 5.71 Å². The molecule has 8 nitrogen and oxygen atoms in total. The first-order valence-corrected chi connectivity index (χ1v) is 12.6. The zero-order valence-corrected chi connectivity index (χ0v) is 22.1. The fourth-order valence-corrected chi connectivity index (χ4v) is 3.73. The Labute approximate surface area is 233 Å². The van der Waals surface area contributed by atoms with Crippen molar-refractivity contribution >= 4 is 17.4 Å². The zero-order valence-electron chi connectivity index (χ0n) is 22.1. The third-order valence-electron chi connectivity index (χ3n) is 5.76. The van der Waals surface area contributed by atoms with Crippen molar-refractivity contribution in [2.24, 2.45) is 10.3 Å². The number of carboxylic acids is 1. The highest BCUT2D eigenvalue weighted by Crippen LogP contribution is 2.18. The molecule has 0 saturated heterocycles. The molecule has 0 aliphatic rings. The lowest BCUT2D eigenvalue weighted by molar-refractivity contribution is -0.303. The first-order chi connectivity index (χ1) is 19.6. The predicted molar refractivity (Wildman–Crippen MR) is 150 cm³/mol. The fraction of sp³-hybridized carbons (Fsp3) is 0.156. The van der Waals surface area contributed by atoms with E-state index >= 15 is 0 Å². The van der Waals surface area contributed by atoms with Gasteiger partial charge in [-0.2, -0.15) is 0 Å². The maximum atomic E-state index is 11.2. The number of rotatable bonds is 14. The van der Waals surface area contributed by atoms with Gasteiger partial charge in [0.1, 0.15) is 44.1 Å². The summed E-state index contributed by atoms with van der Waals surface area (Å²) in [6.07, 6.45) is -0.367. The molecule has 4 rings (SSSR count). The van der Waals surface area contributed by atoms with Crippen LogP contribution in [0.15, 0.2) is 120 Å². The van der Waals surface area contributed by atoms with Crippen LogP contribution in [0.1, 0.15) is 28.7 Å². The SMILES string of the molecule is CO/N=C(\COc1ccc(COc2ccc(/C(CC(=O)[O-])=N\OCc3ccccc3)cc2)cc1)c1ccccc1. The largest absolute Gasteiger partial charge is 0.550 e. The van der Waals surface area contributed by atoms with Gasteiger partial charge in [0.2, 0.25) is 0 Å². The van der Waals surface area contributed by atoms with Crippen LogP contribution in [0, 0.1) is 0 Å². The van der Waals surface area contributed by atoms with E-state index in [4.69, 9.17) is 19.1 Å². The Morgan fingerprint density at radius 3 is 1.88 bits per heavy atom. The molecular weight excluding hydrogens is 508 g/mol. The van der Waals surface area contributed by atoms with Crippen molar-refractivity contribution in [3.05, 3.63) is 131 Å². The van der Waals surface area contributed by atoms with E-state index in [0.29, 0.717) is 29.4 Å². The van der Waals surface area contributed by atoms with Crippen molar-refractivity contribution in [2.75, 3.05) is 13.7 Å². The number of aliphatic carboxylic acids is 1. The lowest BCUT2D eigenvalue weighted by atomic mass is 10.1. The standard InChI is InChI=1S/C32H30N2O6/c1-37-33-31(26-10-6-3-7-11-26)23-39-28-16-12-25(13-17-28)21-38-29-18-14-27(15-19-29)30(20-32(35)36)34-40-22-24-8-4-2-5-9-24/h2-19H,20-23H2,1H3,(H,35,36)/p-1/b33-31+,34-30-. The monoisotopic (exact) mass is 537 g/mol. The van der Waals surface area contributed by atoms with Crippen LogP contribution < -0.4 is 14.6 Å². The lowest BCUT2D eigenvalue weighted by Crippen LogP contribution is -2.25. The van der Waals surface area contributed by atoms with E-state index in [1.165, 1.54) is 7.11 Å². The molecule has 0 spiro atoms. The van der Waals surface area contributed by atoms with Crippen LogP contribution in [0.4, 0.5) is 0 Å². The first-order valence-electron chi connectivity index (χ1n) is 12.6. The smallest absolute Gasteiger partial charge is 0.142 e. The third kappa shape index (κ3) is 8.73. The summed E-state index contributed by atoms with van der Waals surface area (Å²) in [5.41, 5.74) is 4.38. The van der Waals surface area contributed by atoms with Gasteiger partial charge in [-0.3, -0.25) is 0 Å². The molecule has 4 aromatic carbocycles. The summed E-state index contributed by atoms with van der Waals surface area (Å²) in [6, 6.07) is 33.8. The summed E-state index contributed by atoms with van der Waals surface area (Å²) < 4.78 is 11.8. The second-order valence-corrected chi connectivity index (χ2v) is 8.68. The van der Waals surface area contributed by atoms with Gasteiger partial charge in [0, 0.05) is 18.0 Å². The van der Waals surface area contributed by atoms with Crippen LogP contribution in [0.25, 0.3) is 0 Å². The quantitative estimate of drug-likeness (QED) is 0.170. The van der Waals surface area contributed by atoms with Gasteiger partial charge < -0.3 is 29.0 Å². The van der Waals surface area contributed by atoms with Gasteiger partial charge >= 0.3 is 0 Å². The fourth-order valence-electron chi connectivity index (χ4n) is 3.73. The lowest BCUT2D eigenvalue weighted by Gasteiger charge is -2.11. The molecule has 0 N–H and O–H groups in total. The topological polar surface area (TPSA) is 102 Å². The van der Waals surface area contributed by atoms with Gasteiger partial charge in [-0.1, -0.05) is 83.1 Å². The molecule has 0 amide bonds. The zero-order chi connectivity index (χ0) is 28.0. The molecule has 0 bridgehead atoms. The Bertz CT molecular complexity index is 1400. The Morgan fingerprint density at radius 1 is 0.650 bits per heavy atom. The van der Waals surface area contributed by atoms with Crippen molar-refractivity contribution in [3.8, 4) is 11.5 Å². The molecule has 204 valence electrons. The number of carbonyl (C=O) groups is 1. The Balaban J connectivity index is 1.30. The molecule has 0 saturated carbocycles. The van der Waals surface area contributed by atoms with Crippen LogP contribution in [-0.4, -0.2) is 31.1 Å².